The van der Waals surface area contributed by atoms with Crippen LogP contribution < -0.4 is 10.3 Å². The Morgan fingerprint density at radius 2 is 1.33 bits per heavy atom. The summed E-state index contributed by atoms with van der Waals surface area (Å²) in [7, 11) is 0. The molecule has 1 aromatic carbocycles. The Morgan fingerprint density at radius 1 is 0.917 bits per heavy atom. The SMILES string of the molecule is [O-][N+]([O-])=c1ccc(O)c(O)cc1. The Labute approximate surface area is 67.6 Å². The maximum absolute atomic E-state index is 10.2. The van der Waals surface area contributed by atoms with Crippen molar-refractivity contribution < 1.29 is 10.2 Å². The lowest BCUT2D eigenvalue weighted by molar-refractivity contribution is 0.405. The van der Waals surface area contributed by atoms with Gasteiger partial charge in [-0.2, -0.15) is 4.90 Å². The second-order valence-corrected chi connectivity index (χ2v) is 2.12. The van der Waals surface area contributed by atoms with Crippen molar-refractivity contribution in [1.82, 2.24) is 4.90 Å². The molecule has 0 aliphatic rings. The van der Waals surface area contributed by atoms with Crippen LogP contribution in [0.4, 0.5) is 0 Å². The Bertz CT molecular complexity index is 329. The lowest BCUT2D eigenvalue weighted by atomic mass is 10.4. The normalized spacial score (nSPS) is 9.33. The van der Waals surface area contributed by atoms with Crippen LogP contribution in [0.3, 0.4) is 0 Å². The van der Waals surface area contributed by atoms with Gasteiger partial charge in [0.25, 0.3) is 0 Å². The predicted molar refractivity (Wildman–Crippen MR) is 41.8 cm³/mol. The van der Waals surface area contributed by atoms with E-state index in [1.807, 2.05) is 0 Å². The molecule has 0 unspecified atom stereocenters. The minimum Gasteiger partial charge on any atom is -0.612 e. The first-order valence-electron chi connectivity index (χ1n) is 3.11. The molecule has 0 aromatic heterocycles. The number of aromatic hydroxyl groups is 2. The number of rotatable bonds is 0. The fourth-order valence-electron chi connectivity index (χ4n) is 0.677. The molecule has 2 N–H and O–H groups in total. The summed E-state index contributed by atoms with van der Waals surface area (Å²) in [5.41, 5.74) is 0. The zero-order valence-electron chi connectivity index (χ0n) is 5.97. The van der Waals surface area contributed by atoms with Crippen LogP contribution in [0.2, 0.25) is 0 Å². The Balaban J connectivity index is 3.47. The molecule has 0 saturated heterocycles. The fourth-order valence-corrected chi connectivity index (χ4v) is 0.677. The molecule has 0 saturated carbocycles. The van der Waals surface area contributed by atoms with Gasteiger partial charge >= 0.3 is 0 Å². The Kier molecular flexibility index (Phi) is 2.05. The molecule has 0 amide bonds. The molecule has 0 aliphatic heterocycles. The van der Waals surface area contributed by atoms with Crippen LogP contribution in [-0.2, 0) is 0 Å². The van der Waals surface area contributed by atoms with E-state index in [2.05, 4.69) is 0 Å². The van der Waals surface area contributed by atoms with E-state index in [-0.39, 0.29) is 16.9 Å². The predicted octanol–water partition coefficient (Wildman–Crippen LogP) is -0.134. The van der Waals surface area contributed by atoms with Gasteiger partial charge in [-0.1, -0.05) is 0 Å². The van der Waals surface area contributed by atoms with Gasteiger partial charge < -0.3 is 20.6 Å². The smallest absolute Gasteiger partial charge is 0.222 e. The Hall–Kier alpha value is -1.91. The van der Waals surface area contributed by atoms with Crippen molar-refractivity contribution in [2.45, 2.75) is 0 Å². The number of hydrogen-bond acceptors (Lipinski definition) is 4. The maximum Gasteiger partial charge on any atom is 0.222 e. The van der Waals surface area contributed by atoms with Crippen LogP contribution in [0.1, 0.15) is 0 Å². The molecule has 0 spiro atoms. The molecule has 0 fully saturated rings. The highest BCUT2D eigenvalue weighted by Gasteiger charge is 1.94. The van der Waals surface area contributed by atoms with Gasteiger partial charge in [-0.15, -0.1) is 0 Å². The van der Waals surface area contributed by atoms with E-state index in [1.54, 1.807) is 0 Å². The quantitative estimate of drug-likeness (QED) is 0.528. The third kappa shape index (κ3) is 1.57. The lowest BCUT2D eigenvalue weighted by Gasteiger charge is -1.99. The van der Waals surface area contributed by atoms with Gasteiger partial charge in [-0.05, 0) is 12.1 Å². The lowest BCUT2D eigenvalue weighted by Crippen LogP contribution is -2.15. The molecule has 0 atom stereocenters. The van der Waals surface area contributed by atoms with Gasteiger partial charge in [0.2, 0.25) is 5.36 Å². The van der Waals surface area contributed by atoms with E-state index >= 15 is 0 Å². The third-order valence-corrected chi connectivity index (χ3v) is 1.30. The largest absolute Gasteiger partial charge is 0.612 e. The average Bonchev–Trinajstić information content (AvgIpc) is 2.16. The summed E-state index contributed by atoms with van der Waals surface area (Å²) >= 11 is 0. The van der Waals surface area contributed by atoms with Gasteiger partial charge in [-0.25, -0.2) is 0 Å². The Morgan fingerprint density at radius 3 is 1.67 bits per heavy atom. The van der Waals surface area contributed by atoms with E-state index < -0.39 is 4.90 Å². The van der Waals surface area contributed by atoms with Crippen LogP contribution >= 0.6 is 0 Å². The number of hydrogen-bond donors (Lipinski definition) is 2. The first-order valence-corrected chi connectivity index (χ1v) is 3.11. The second-order valence-electron chi connectivity index (χ2n) is 2.12. The molecule has 1 aromatic rings. The zero-order chi connectivity index (χ0) is 9.14. The van der Waals surface area contributed by atoms with Gasteiger partial charge in [0, 0.05) is 12.1 Å². The summed E-state index contributed by atoms with van der Waals surface area (Å²) < 4.78 is 0. The topological polar surface area (TPSA) is 89.6 Å². The molecular weight excluding hydrogens is 162 g/mol. The second kappa shape index (κ2) is 3.00. The molecule has 5 nitrogen and oxygen atoms in total. The van der Waals surface area contributed by atoms with Crippen molar-refractivity contribution in [3.63, 3.8) is 0 Å². The molecule has 0 aliphatic carbocycles. The highest BCUT2D eigenvalue weighted by atomic mass is 16.8. The minimum absolute atomic E-state index is 0.189. The average molecular weight is 168 g/mol. The summed E-state index contributed by atoms with van der Waals surface area (Å²) in [4.78, 5) is -0.612. The van der Waals surface area contributed by atoms with Crippen molar-refractivity contribution in [2.75, 3.05) is 0 Å². The molecule has 0 radical (unpaired) electrons. The van der Waals surface area contributed by atoms with Gasteiger partial charge in [0.1, 0.15) is 0 Å². The maximum atomic E-state index is 10.2. The van der Waals surface area contributed by atoms with Crippen LogP contribution in [0.5, 0.6) is 11.5 Å². The van der Waals surface area contributed by atoms with E-state index in [0.29, 0.717) is 0 Å². The molecule has 12 heavy (non-hydrogen) atoms. The zero-order valence-corrected chi connectivity index (χ0v) is 5.97. The summed E-state index contributed by atoms with van der Waals surface area (Å²) in [5.74, 6) is -0.772. The number of nitrogens with zero attached hydrogens (tertiary/aromatic N) is 1. The van der Waals surface area contributed by atoms with E-state index in [0.717, 1.165) is 24.3 Å². The van der Waals surface area contributed by atoms with Crippen molar-refractivity contribution in [3.8, 4) is 11.5 Å². The molecular formula is C7H6NO4-. The van der Waals surface area contributed by atoms with Gasteiger partial charge in [-0.3, -0.25) is 0 Å². The monoisotopic (exact) mass is 168 g/mol. The summed E-state index contributed by atoms with van der Waals surface area (Å²) in [6.07, 6.45) is 0. The molecule has 1 rings (SSSR count). The molecule has 64 valence electrons. The summed E-state index contributed by atoms with van der Waals surface area (Å²) in [6, 6.07) is 4.34. The highest BCUT2D eigenvalue weighted by Crippen LogP contribution is 2.19. The summed E-state index contributed by atoms with van der Waals surface area (Å²) in [5, 5.41) is 38.0. The van der Waals surface area contributed by atoms with Crippen molar-refractivity contribution >= 4 is 0 Å². The molecule has 0 bridgehead atoms. The van der Waals surface area contributed by atoms with Crippen LogP contribution in [-0.4, -0.2) is 10.2 Å². The standard InChI is InChI=1S/C7H6NO4/c9-6-3-1-5(8(11)12)2-4-7(6)10/h1-4H,(H2-,9,10,11,12)/q-1. The third-order valence-electron chi connectivity index (χ3n) is 1.30. The van der Waals surface area contributed by atoms with Gasteiger partial charge in [0.05, 0.1) is 0 Å². The summed E-state index contributed by atoms with van der Waals surface area (Å²) in [6.45, 7) is 0. The first kappa shape index (κ1) is 8.19. The van der Waals surface area contributed by atoms with E-state index in [4.69, 9.17) is 10.2 Å². The van der Waals surface area contributed by atoms with Gasteiger partial charge in [0.15, 0.2) is 11.5 Å². The van der Waals surface area contributed by atoms with Crippen LogP contribution in [0, 0.1) is 10.4 Å². The van der Waals surface area contributed by atoms with Crippen molar-refractivity contribution in [3.05, 3.63) is 40.0 Å². The fraction of sp³-hybridized carbons (Fsp3) is 0. The van der Waals surface area contributed by atoms with E-state index in [9.17, 15) is 10.4 Å². The van der Waals surface area contributed by atoms with E-state index in [1.165, 1.54) is 0 Å². The van der Waals surface area contributed by atoms with Crippen LogP contribution in [0.15, 0.2) is 24.3 Å². The highest BCUT2D eigenvalue weighted by molar-refractivity contribution is 5.34. The minimum atomic E-state index is -0.612. The molecule has 0 heterocycles. The van der Waals surface area contributed by atoms with Crippen LogP contribution in [0.25, 0.3) is 0 Å². The first-order chi connectivity index (χ1) is 5.61. The van der Waals surface area contributed by atoms with Crippen molar-refractivity contribution in [1.29, 1.82) is 0 Å². The molecule has 5 heteroatoms. The van der Waals surface area contributed by atoms with Crippen molar-refractivity contribution in [2.24, 2.45) is 0 Å².